The Kier molecular flexibility index (Phi) is 10.3. The molecule has 2 N–H and O–H groups in total. The molecule has 1 fully saturated rings. The van der Waals surface area contributed by atoms with Crippen LogP contribution in [0.4, 0.5) is 0 Å². The summed E-state index contributed by atoms with van der Waals surface area (Å²) in [6.45, 7) is 14.0. The van der Waals surface area contributed by atoms with Crippen LogP contribution in [0.15, 0.2) is 16.4 Å². The van der Waals surface area contributed by atoms with Gasteiger partial charge in [0.15, 0.2) is 5.96 Å². The number of hydrogen-bond donors (Lipinski definition) is 2. The monoisotopic (exact) mass is 507 g/mol. The van der Waals surface area contributed by atoms with E-state index in [9.17, 15) is 0 Å². The van der Waals surface area contributed by atoms with Gasteiger partial charge in [-0.2, -0.15) is 0 Å². The zero-order valence-electron chi connectivity index (χ0n) is 16.6. The van der Waals surface area contributed by atoms with Gasteiger partial charge in [0, 0.05) is 56.7 Å². The van der Waals surface area contributed by atoms with E-state index in [0.29, 0.717) is 6.04 Å². The van der Waals surface area contributed by atoms with Crippen molar-refractivity contribution in [3.05, 3.63) is 21.9 Å². The van der Waals surface area contributed by atoms with E-state index < -0.39 is 0 Å². The Morgan fingerprint density at radius 1 is 1.30 bits per heavy atom. The van der Waals surface area contributed by atoms with Crippen LogP contribution in [-0.4, -0.2) is 80.8 Å². The normalized spacial score (nSPS) is 19.9. The van der Waals surface area contributed by atoms with Crippen LogP contribution in [0.3, 0.4) is 0 Å². The maximum Gasteiger partial charge on any atom is 0.191 e. The molecular formula is C19H34IN5OS. The maximum absolute atomic E-state index is 5.44. The fourth-order valence-corrected chi connectivity index (χ4v) is 4.42. The van der Waals surface area contributed by atoms with Gasteiger partial charge < -0.3 is 15.4 Å². The molecule has 27 heavy (non-hydrogen) atoms. The number of ether oxygens (including phenoxy) is 1. The predicted molar refractivity (Wildman–Crippen MR) is 125 cm³/mol. The van der Waals surface area contributed by atoms with E-state index in [2.05, 4.69) is 45.7 Å². The van der Waals surface area contributed by atoms with Crippen molar-refractivity contribution in [3.8, 4) is 0 Å². The first-order chi connectivity index (χ1) is 12.8. The molecule has 2 aliphatic rings. The number of morpholine rings is 1. The van der Waals surface area contributed by atoms with Crippen LogP contribution in [-0.2, 0) is 17.7 Å². The Morgan fingerprint density at radius 3 is 2.89 bits per heavy atom. The average molecular weight is 507 g/mol. The molecule has 1 aromatic heterocycles. The molecule has 3 rings (SSSR count). The molecule has 0 aliphatic carbocycles. The fraction of sp³-hybridized carbons (Fsp3) is 0.737. The molecule has 0 amide bonds. The Bertz CT molecular complexity index is 576. The lowest BCUT2D eigenvalue weighted by atomic mass is 10.1. The third-order valence-corrected chi connectivity index (χ3v) is 6.16. The third kappa shape index (κ3) is 7.16. The van der Waals surface area contributed by atoms with Crippen LogP contribution in [0.2, 0.25) is 0 Å². The van der Waals surface area contributed by atoms with Gasteiger partial charge in [-0.25, -0.2) is 0 Å². The van der Waals surface area contributed by atoms with Gasteiger partial charge in [0.1, 0.15) is 0 Å². The summed E-state index contributed by atoms with van der Waals surface area (Å²) in [4.78, 5) is 11.4. The molecule has 1 unspecified atom stereocenters. The molecule has 1 atom stereocenters. The zero-order chi connectivity index (χ0) is 18.2. The number of halogens is 1. The number of nitrogens with zero attached hydrogens (tertiary/aromatic N) is 3. The van der Waals surface area contributed by atoms with E-state index >= 15 is 0 Å². The minimum absolute atomic E-state index is 0. The van der Waals surface area contributed by atoms with Crippen molar-refractivity contribution < 1.29 is 4.74 Å². The second-order valence-electron chi connectivity index (χ2n) is 7.04. The summed E-state index contributed by atoms with van der Waals surface area (Å²) in [6, 6.07) is 2.73. The number of rotatable bonds is 7. The van der Waals surface area contributed by atoms with E-state index in [1.807, 2.05) is 11.3 Å². The minimum atomic E-state index is 0. The van der Waals surface area contributed by atoms with Crippen LogP contribution >= 0.6 is 35.3 Å². The molecule has 3 heterocycles. The predicted octanol–water partition coefficient (Wildman–Crippen LogP) is 2.00. The third-order valence-electron chi connectivity index (χ3n) is 5.13. The SMILES string of the molecule is CCNC(=NCC(C)N1CCOCC1)NCCN1CCc2sccc2C1.I. The molecule has 0 saturated carbocycles. The smallest absolute Gasteiger partial charge is 0.191 e. The number of hydrogen-bond acceptors (Lipinski definition) is 5. The van der Waals surface area contributed by atoms with Crippen LogP contribution in [0, 0.1) is 0 Å². The van der Waals surface area contributed by atoms with Crippen molar-refractivity contribution in [1.82, 2.24) is 20.4 Å². The summed E-state index contributed by atoms with van der Waals surface area (Å²) >= 11 is 1.90. The van der Waals surface area contributed by atoms with E-state index in [1.165, 1.54) is 12.0 Å². The Balaban J connectivity index is 0.00000261. The Hall–Kier alpha value is -0.420. The first kappa shape index (κ1) is 22.9. The van der Waals surface area contributed by atoms with E-state index in [0.717, 1.165) is 71.5 Å². The molecule has 8 heteroatoms. The van der Waals surface area contributed by atoms with Gasteiger partial charge in [-0.1, -0.05) is 0 Å². The van der Waals surface area contributed by atoms with E-state index in [1.54, 1.807) is 4.88 Å². The summed E-state index contributed by atoms with van der Waals surface area (Å²) in [5.41, 5.74) is 1.51. The average Bonchev–Trinajstić information content (AvgIpc) is 3.14. The van der Waals surface area contributed by atoms with Crippen molar-refractivity contribution in [3.63, 3.8) is 0 Å². The molecule has 1 saturated heterocycles. The summed E-state index contributed by atoms with van der Waals surface area (Å²) < 4.78 is 5.44. The highest BCUT2D eigenvalue weighted by molar-refractivity contribution is 14.0. The molecular weight excluding hydrogens is 473 g/mol. The minimum Gasteiger partial charge on any atom is -0.379 e. The van der Waals surface area contributed by atoms with Crippen molar-refractivity contribution in [2.75, 3.05) is 59.0 Å². The van der Waals surface area contributed by atoms with Gasteiger partial charge in [-0.05, 0) is 37.3 Å². The van der Waals surface area contributed by atoms with Crippen molar-refractivity contribution in [2.45, 2.75) is 32.9 Å². The lowest BCUT2D eigenvalue weighted by molar-refractivity contribution is 0.0220. The molecule has 1 aromatic rings. The number of aliphatic imine (C=N–C) groups is 1. The van der Waals surface area contributed by atoms with Crippen LogP contribution in [0.25, 0.3) is 0 Å². The Labute approximate surface area is 184 Å². The zero-order valence-corrected chi connectivity index (χ0v) is 19.7. The number of guanidine groups is 1. The fourth-order valence-electron chi connectivity index (χ4n) is 3.53. The van der Waals surface area contributed by atoms with Crippen molar-refractivity contribution >= 4 is 41.3 Å². The van der Waals surface area contributed by atoms with E-state index in [-0.39, 0.29) is 24.0 Å². The summed E-state index contributed by atoms with van der Waals surface area (Å²) in [7, 11) is 0. The lowest BCUT2D eigenvalue weighted by Gasteiger charge is -2.31. The summed E-state index contributed by atoms with van der Waals surface area (Å²) in [5.74, 6) is 0.931. The van der Waals surface area contributed by atoms with E-state index in [4.69, 9.17) is 9.73 Å². The topological polar surface area (TPSA) is 52.1 Å². The first-order valence-corrected chi connectivity index (χ1v) is 10.8. The van der Waals surface area contributed by atoms with Gasteiger partial charge in [0.2, 0.25) is 0 Å². The number of fused-ring (bicyclic) bond motifs is 1. The highest BCUT2D eigenvalue weighted by atomic mass is 127. The largest absolute Gasteiger partial charge is 0.379 e. The van der Waals surface area contributed by atoms with Gasteiger partial charge in [-0.3, -0.25) is 14.8 Å². The molecule has 6 nitrogen and oxygen atoms in total. The highest BCUT2D eigenvalue weighted by Gasteiger charge is 2.18. The van der Waals surface area contributed by atoms with Crippen LogP contribution < -0.4 is 10.6 Å². The van der Waals surface area contributed by atoms with Gasteiger partial charge >= 0.3 is 0 Å². The number of thiophene rings is 1. The standard InChI is InChI=1S/C19H33N5OS.HI/c1-3-20-19(22-14-16(2)24-9-11-25-12-10-24)21-6-8-23-7-4-18-17(15-23)5-13-26-18;/h5,13,16H,3-4,6-12,14-15H2,1-2H3,(H2,20,21,22);1H. The van der Waals surface area contributed by atoms with Gasteiger partial charge in [-0.15, -0.1) is 35.3 Å². The second-order valence-corrected chi connectivity index (χ2v) is 8.04. The molecule has 2 aliphatic heterocycles. The van der Waals surface area contributed by atoms with Crippen LogP contribution in [0.1, 0.15) is 24.3 Å². The first-order valence-electron chi connectivity index (χ1n) is 9.88. The lowest BCUT2D eigenvalue weighted by Crippen LogP contribution is -2.45. The van der Waals surface area contributed by atoms with Crippen molar-refractivity contribution in [1.29, 1.82) is 0 Å². The molecule has 0 radical (unpaired) electrons. The van der Waals surface area contributed by atoms with Gasteiger partial charge in [0.05, 0.1) is 19.8 Å². The van der Waals surface area contributed by atoms with Crippen LogP contribution in [0.5, 0.6) is 0 Å². The second kappa shape index (κ2) is 12.2. The quantitative estimate of drug-likeness (QED) is 0.336. The highest BCUT2D eigenvalue weighted by Crippen LogP contribution is 2.23. The van der Waals surface area contributed by atoms with Crippen molar-refractivity contribution in [2.24, 2.45) is 4.99 Å². The molecule has 0 spiro atoms. The maximum atomic E-state index is 5.44. The molecule has 0 bridgehead atoms. The number of nitrogens with one attached hydrogen (secondary N) is 2. The molecule has 0 aromatic carbocycles. The summed E-state index contributed by atoms with van der Waals surface area (Å²) in [6.07, 6.45) is 1.19. The Morgan fingerprint density at radius 2 is 2.11 bits per heavy atom. The molecule has 154 valence electrons. The summed E-state index contributed by atoms with van der Waals surface area (Å²) in [5, 5.41) is 9.09. The van der Waals surface area contributed by atoms with Gasteiger partial charge in [0.25, 0.3) is 0 Å².